The Bertz CT molecular complexity index is 1580. The molecule has 0 spiro atoms. The van der Waals surface area contributed by atoms with E-state index in [4.69, 9.17) is 4.74 Å². The van der Waals surface area contributed by atoms with E-state index in [-0.39, 0.29) is 6.61 Å². The molecule has 0 aliphatic carbocycles. The minimum absolute atomic E-state index is 0.210. The van der Waals surface area contributed by atoms with Crippen LogP contribution in [0.3, 0.4) is 0 Å². The monoisotopic (exact) mass is 535 g/mol. The standard InChI is InChI=1S/C38H33NO2/c1-4-38(40)41-27-31-16-24-36(25-17-31)39(34-8-6-5-7-9-34)35-22-14-30(15-23-35)26-37(32-18-10-28(2)11-19-32)33-20-12-29(3)13-21-33/h4-26H,1,27H2,2-3H3. The number of carbonyl (C=O) groups excluding carboxylic acids is 1. The molecule has 5 rings (SSSR count). The molecule has 0 amide bonds. The molecule has 5 aromatic rings. The quantitative estimate of drug-likeness (QED) is 0.107. The zero-order chi connectivity index (χ0) is 28.6. The van der Waals surface area contributed by atoms with Crippen LogP contribution in [0, 0.1) is 13.8 Å². The van der Waals surface area contributed by atoms with Crippen molar-refractivity contribution in [1.82, 2.24) is 0 Å². The topological polar surface area (TPSA) is 29.5 Å². The van der Waals surface area contributed by atoms with Crippen LogP contribution in [0.4, 0.5) is 17.1 Å². The van der Waals surface area contributed by atoms with E-state index in [1.807, 2.05) is 42.5 Å². The van der Waals surface area contributed by atoms with Crippen molar-refractivity contribution in [3.63, 3.8) is 0 Å². The van der Waals surface area contributed by atoms with Gasteiger partial charge in [-0.15, -0.1) is 0 Å². The fourth-order valence-electron chi connectivity index (χ4n) is 4.66. The highest BCUT2D eigenvalue weighted by atomic mass is 16.5. The first kappa shape index (κ1) is 27.4. The van der Waals surface area contributed by atoms with Crippen molar-refractivity contribution in [1.29, 1.82) is 0 Å². The first-order valence-corrected chi connectivity index (χ1v) is 13.7. The van der Waals surface area contributed by atoms with Crippen molar-refractivity contribution in [2.24, 2.45) is 0 Å². The number of hydrogen-bond donors (Lipinski definition) is 0. The fourth-order valence-corrected chi connectivity index (χ4v) is 4.66. The summed E-state index contributed by atoms with van der Waals surface area (Å²) in [6.45, 7) is 7.89. The first-order chi connectivity index (χ1) is 20.0. The van der Waals surface area contributed by atoms with Gasteiger partial charge in [-0.25, -0.2) is 4.79 Å². The highest BCUT2D eigenvalue weighted by Gasteiger charge is 2.13. The van der Waals surface area contributed by atoms with Gasteiger partial charge in [0.25, 0.3) is 0 Å². The first-order valence-electron chi connectivity index (χ1n) is 13.7. The molecule has 0 bridgehead atoms. The molecule has 202 valence electrons. The van der Waals surface area contributed by atoms with Gasteiger partial charge in [-0.1, -0.05) is 109 Å². The molecule has 0 aliphatic heterocycles. The van der Waals surface area contributed by atoms with E-state index >= 15 is 0 Å². The Balaban J connectivity index is 1.48. The van der Waals surface area contributed by atoms with Crippen LogP contribution in [-0.4, -0.2) is 5.97 Å². The van der Waals surface area contributed by atoms with Gasteiger partial charge in [-0.2, -0.15) is 0 Å². The summed E-state index contributed by atoms with van der Waals surface area (Å²) in [7, 11) is 0. The summed E-state index contributed by atoms with van der Waals surface area (Å²) in [6, 6.07) is 44.4. The van der Waals surface area contributed by atoms with Crippen LogP contribution in [0.15, 0.2) is 140 Å². The van der Waals surface area contributed by atoms with Crippen LogP contribution < -0.4 is 4.90 Å². The zero-order valence-corrected chi connectivity index (χ0v) is 23.5. The molecule has 0 fully saturated rings. The van der Waals surface area contributed by atoms with Crippen molar-refractivity contribution < 1.29 is 9.53 Å². The third-order valence-corrected chi connectivity index (χ3v) is 6.94. The fraction of sp³-hybridized carbons (Fsp3) is 0.0789. The van der Waals surface area contributed by atoms with Crippen LogP contribution in [0.1, 0.15) is 33.4 Å². The van der Waals surface area contributed by atoms with Gasteiger partial charge in [0.15, 0.2) is 0 Å². The van der Waals surface area contributed by atoms with E-state index in [0.29, 0.717) is 0 Å². The number of nitrogens with zero attached hydrogens (tertiary/aromatic N) is 1. The van der Waals surface area contributed by atoms with Gasteiger partial charge in [0.2, 0.25) is 0 Å². The summed E-state index contributed by atoms with van der Waals surface area (Å²) in [5.41, 5.74) is 11.2. The van der Waals surface area contributed by atoms with Gasteiger partial charge in [0.05, 0.1) is 0 Å². The maximum absolute atomic E-state index is 11.5. The number of rotatable bonds is 9. The van der Waals surface area contributed by atoms with Crippen LogP contribution >= 0.6 is 0 Å². The molecule has 3 heteroatoms. The predicted molar refractivity (Wildman–Crippen MR) is 170 cm³/mol. The van der Waals surface area contributed by atoms with Crippen molar-refractivity contribution in [3.8, 4) is 0 Å². The smallest absolute Gasteiger partial charge is 0.330 e. The highest BCUT2D eigenvalue weighted by Crippen LogP contribution is 2.35. The Morgan fingerprint density at radius 3 is 1.66 bits per heavy atom. The van der Waals surface area contributed by atoms with Crippen molar-refractivity contribution in [2.75, 3.05) is 4.90 Å². The lowest BCUT2D eigenvalue weighted by atomic mass is 9.94. The molecule has 0 heterocycles. The van der Waals surface area contributed by atoms with Crippen LogP contribution in [0.25, 0.3) is 11.6 Å². The van der Waals surface area contributed by atoms with Crippen LogP contribution in [-0.2, 0) is 16.1 Å². The SMILES string of the molecule is C=CC(=O)OCc1ccc(N(c2ccccc2)c2ccc(C=C(c3ccc(C)cc3)c3ccc(C)cc3)cc2)cc1. The van der Waals surface area contributed by atoms with E-state index < -0.39 is 5.97 Å². The number of para-hydroxylation sites is 1. The molecule has 0 aromatic heterocycles. The Kier molecular flexibility index (Phi) is 8.56. The minimum Gasteiger partial charge on any atom is -0.458 e. The lowest BCUT2D eigenvalue weighted by Gasteiger charge is -2.25. The lowest BCUT2D eigenvalue weighted by Crippen LogP contribution is -2.10. The van der Waals surface area contributed by atoms with E-state index in [0.717, 1.165) is 28.2 Å². The van der Waals surface area contributed by atoms with Crippen molar-refractivity contribution in [2.45, 2.75) is 20.5 Å². The molecule has 0 unspecified atom stereocenters. The van der Waals surface area contributed by atoms with Gasteiger partial charge in [0.1, 0.15) is 6.61 Å². The number of anilines is 3. The Labute approximate surface area is 242 Å². The lowest BCUT2D eigenvalue weighted by molar-refractivity contribution is -0.138. The van der Waals surface area contributed by atoms with Crippen molar-refractivity contribution >= 4 is 34.7 Å². The number of hydrogen-bond acceptors (Lipinski definition) is 3. The van der Waals surface area contributed by atoms with E-state index in [1.165, 1.54) is 33.9 Å². The summed E-state index contributed by atoms with van der Waals surface area (Å²) < 4.78 is 5.19. The molecule has 0 radical (unpaired) electrons. The molecule has 0 saturated heterocycles. The van der Waals surface area contributed by atoms with Crippen molar-refractivity contribution in [3.05, 3.63) is 173 Å². The predicted octanol–water partition coefficient (Wildman–Crippen LogP) is 9.59. The largest absolute Gasteiger partial charge is 0.458 e. The van der Waals surface area contributed by atoms with Crippen LogP contribution in [0.2, 0.25) is 0 Å². The summed E-state index contributed by atoms with van der Waals surface area (Å²) in [6.07, 6.45) is 3.43. The Morgan fingerprint density at radius 1 is 0.659 bits per heavy atom. The number of benzene rings is 5. The Morgan fingerprint density at radius 2 is 1.15 bits per heavy atom. The van der Waals surface area contributed by atoms with Gasteiger partial charge >= 0.3 is 5.97 Å². The molecule has 41 heavy (non-hydrogen) atoms. The van der Waals surface area contributed by atoms with Gasteiger partial charge < -0.3 is 9.64 Å². The Hall–Kier alpha value is -5.15. The number of aryl methyl sites for hydroxylation is 2. The molecule has 0 atom stereocenters. The number of carbonyl (C=O) groups is 1. The average Bonchev–Trinajstić information content (AvgIpc) is 3.02. The highest BCUT2D eigenvalue weighted by molar-refractivity contribution is 5.92. The number of esters is 1. The molecule has 3 nitrogen and oxygen atoms in total. The van der Waals surface area contributed by atoms with Gasteiger partial charge in [0, 0.05) is 23.1 Å². The minimum atomic E-state index is -0.429. The summed E-state index contributed by atoms with van der Waals surface area (Å²) in [4.78, 5) is 13.7. The summed E-state index contributed by atoms with van der Waals surface area (Å²) in [5.74, 6) is -0.429. The van der Waals surface area contributed by atoms with Gasteiger partial charge in [-0.05, 0) is 84.1 Å². The third kappa shape index (κ3) is 6.90. The maximum Gasteiger partial charge on any atom is 0.330 e. The van der Waals surface area contributed by atoms with E-state index in [1.54, 1.807) is 0 Å². The summed E-state index contributed by atoms with van der Waals surface area (Å²) >= 11 is 0. The third-order valence-electron chi connectivity index (χ3n) is 6.94. The van der Waals surface area contributed by atoms with Gasteiger partial charge in [-0.3, -0.25) is 0 Å². The van der Waals surface area contributed by atoms with E-state index in [9.17, 15) is 4.79 Å². The molecule has 5 aromatic carbocycles. The van der Waals surface area contributed by atoms with Crippen LogP contribution in [0.5, 0.6) is 0 Å². The molecular weight excluding hydrogens is 502 g/mol. The molecular formula is C38H33NO2. The summed E-state index contributed by atoms with van der Waals surface area (Å²) in [5, 5.41) is 0. The second-order valence-corrected chi connectivity index (χ2v) is 10.0. The molecule has 0 saturated carbocycles. The number of ether oxygens (including phenoxy) is 1. The molecule has 0 N–H and O–H groups in total. The zero-order valence-electron chi connectivity index (χ0n) is 23.5. The normalized spacial score (nSPS) is 10.5. The molecule has 0 aliphatic rings. The maximum atomic E-state index is 11.5. The second kappa shape index (κ2) is 12.8. The van der Waals surface area contributed by atoms with E-state index in [2.05, 4.69) is 116 Å². The second-order valence-electron chi connectivity index (χ2n) is 10.0. The average molecular weight is 536 g/mol.